The number of nitrogens with one attached hydrogen (secondary N) is 1. The predicted molar refractivity (Wildman–Crippen MR) is 84.2 cm³/mol. The molecule has 0 spiro atoms. The topological polar surface area (TPSA) is 46.9 Å². The zero-order valence-corrected chi connectivity index (χ0v) is 12.6. The molecule has 1 unspecified atom stereocenters. The van der Waals surface area contributed by atoms with Gasteiger partial charge >= 0.3 is 0 Å². The number of carbonyl (C=O) groups excluding carboxylic acids is 1. The quantitative estimate of drug-likeness (QED) is 0.873. The van der Waals surface area contributed by atoms with Crippen LogP contribution >= 0.6 is 0 Å². The third kappa shape index (κ3) is 2.17. The molecule has 0 aliphatic carbocycles. The monoisotopic (exact) mass is 281 g/mol. The van der Waals surface area contributed by atoms with E-state index in [-0.39, 0.29) is 11.3 Å². The third-order valence-electron chi connectivity index (χ3n) is 4.14. The molecule has 1 aliphatic heterocycles. The lowest BCUT2D eigenvalue weighted by atomic mass is 9.93. The number of Topliss-reactive ketones (excluding diaryl/α,β-unsaturated/α-hetero) is 1. The number of rotatable bonds is 3. The van der Waals surface area contributed by atoms with Gasteiger partial charge < -0.3 is 5.32 Å². The Hall–Kier alpha value is -2.36. The van der Waals surface area contributed by atoms with Gasteiger partial charge in [0.05, 0.1) is 17.3 Å². The van der Waals surface area contributed by atoms with Gasteiger partial charge in [0.25, 0.3) is 0 Å². The molecule has 2 heterocycles. The van der Waals surface area contributed by atoms with Gasteiger partial charge in [-0.15, -0.1) is 0 Å². The summed E-state index contributed by atoms with van der Waals surface area (Å²) in [6.07, 6.45) is 4.74. The van der Waals surface area contributed by atoms with Crippen molar-refractivity contribution >= 4 is 17.3 Å². The highest BCUT2D eigenvalue weighted by Gasteiger charge is 2.32. The van der Waals surface area contributed by atoms with Crippen LogP contribution in [0, 0.1) is 0 Å². The molecule has 0 amide bonds. The fraction of sp³-hybridized carbons (Fsp3) is 0.294. The Morgan fingerprint density at radius 3 is 2.67 bits per heavy atom. The van der Waals surface area contributed by atoms with Crippen molar-refractivity contribution in [3.05, 3.63) is 53.7 Å². The number of carbonyl (C=O) groups is 1. The van der Waals surface area contributed by atoms with Crippen molar-refractivity contribution in [2.75, 3.05) is 5.32 Å². The van der Waals surface area contributed by atoms with Crippen molar-refractivity contribution in [1.82, 2.24) is 9.78 Å². The van der Waals surface area contributed by atoms with Crippen LogP contribution in [0.2, 0.25) is 0 Å². The number of allylic oxidation sites excluding steroid dienone is 1. The number of benzene rings is 1. The minimum absolute atomic E-state index is 0.0246. The van der Waals surface area contributed by atoms with Crippen molar-refractivity contribution in [2.24, 2.45) is 0 Å². The van der Waals surface area contributed by atoms with E-state index in [0.29, 0.717) is 5.56 Å². The number of hydrogen-bond acceptors (Lipinski definition) is 3. The molecule has 21 heavy (non-hydrogen) atoms. The van der Waals surface area contributed by atoms with Gasteiger partial charge in [-0.2, -0.15) is 5.10 Å². The lowest BCUT2D eigenvalue weighted by Gasteiger charge is -2.33. The fourth-order valence-corrected chi connectivity index (χ4v) is 2.67. The van der Waals surface area contributed by atoms with Gasteiger partial charge in [-0.05, 0) is 31.9 Å². The molecular weight excluding hydrogens is 262 g/mol. The zero-order valence-electron chi connectivity index (χ0n) is 12.6. The molecule has 1 aromatic carbocycles. The van der Waals surface area contributed by atoms with E-state index >= 15 is 0 Å². The number of ketones is 1. The third-order valence-corrected chi connectivity index (χ3v) is 4.14. The molecule has 1 N–H and O–H groups in total. The molecular formula is C17H19N3O. The van der Waals surface area contributed by atoms with E-state index in [1.54, 1.807) is 13.1 Å². The van der Waals surface area contributed by atoms with Crippen LogP contribution in [0.25, 0.3) is 5.70 Å². The first-order chi connectivity index (χ1) is 10.0. The fourth-order valence-electron chi connectivity index (χ4n) is 2.67. The number of nitrogens with zero attached hydrogens (tertiary/aromatic N) is 2. The molecule has 1 atom stereocenters. The van der Waals surface area contributed by atoms with Gasteiger partial charge in [0, 0.05) is 5.70 Å². The molecule has 4 nitrogen and oxygen atoms in total. The van der Waals surface area contributed by atoms with E-state index < -0.39 is 0 Å². The summed E-state index contributed by atoms with van der Waals surface area (Å²) < 4.78 is 1.91. The highest BCUT2D eigenvalue weighted by molar-refractivity contribution is 6.00. The molecule has 0 saturated heterocycles. The summed E-state index contributed by atoms with van der Waals surface area (Å²) >= 11 is 0. The zero-order chi connectivity index (χ0) is 15.0. The van der Waals surface area contributed by atoms with Crippen LogP contribution in [0.4, 0.5) is 5.82 Å². The van der Waals surface area contributed by atoms with Crippen LogP contribution in [-0.4, -0.2) is 15.6 Å². The van der Waals surface area contributed by atoms with Crippen LogP contribution in [0.5, 0.6) is 0 Å². The molecule has 108 valence electrons. The van der Waals surface area contributed by atoms with E-state index in [1.165, 1.54) is 0 Å². The molecule has 0 saturated carbocycles. The summed E-state index contributed by atoms with van der Waals surface area (Å²) in [6, 6.07) is 10.2. The number of aromatic nitrogens is 2. The van der Waals surface area contributed by atoms with E-state index in [0.717, 1.165) is 23.5 Å². The van der Waals surface area contributed by atoms with E-state index in [2.05, 4.69) is 42.5 Å². The SMILES string of the molecule is CCC1(C)C=C(c2ccccc2)Nc2c(C(C)=O)cnn21. The average Bonchev–Trinajstić information content (AvgIpc) is 2.93. The van der Waals surface area contributed by atoms with Gasteiger partial charge in [-0.3, -0.25) is 4.79 Å². The van der Waals surface area contributed by atoms with Gasteiger partial charge in [0.1, 0.15) is 5.82 Å². The van der Waals surface area contributed by atoms with Crippen LogP contribution in [0.3, 0.4) is 0 Å². The maximum Gasteiger partial charge on any atom is 0.165 e. The van der Waals surface area contributed by atoms with E-state index in [9.17, 15) is 4.79 Å². The molecule has 1 aromatic heterocycles. The van der Waals surface area contributed by atoms with Gasteiger partial charge in [0.15, 0.2) is 5.78 Å². The first-order valence-electron chi connectivity index (χ1n) is 7.20. The lowest BCUT2D eigenvalue weighted by Crippen LogP contribution is -2.34. The highest BCUT2D eigenvalue weighted by atomic mass is 16.1. The predicted octanol–water partition coefficient (Wildman–Crippen LogP) is 3.68. The van der Waals surface area contributed by atoms with E-state index in [1.807, 2.05) is 22.9 Å². The Balaban J connectivity index is 2.15. The van der Waals surface area contributed by atoms with Crippen molar-refractivity contribution < 1.29 is 4.79 Å². The normalized spacial score (nSPS) is 20.4. The molecule has 0 fully saturated rings. The van der Waals surface area contributed by atoms with Gasteiger partial charge in [0.2, 0.25) is 0 Å². The molecule has 1 aliphatic rings. The summed E-state index contributed by atoms with van der Waals surface area (Å²) in [4.78, 5) is 11.8. The second-order valence-electron chi connectivity index (χ2n) is 5.63. The van der Waals surface area contributed by atoms with Crippen LogP contribution in [-0.2, 0) is 5.54 Å². The van der Waals surface area contributed by atoms with Crippen LogP contribution < -0.4 is 5.32 Å². The largest absolute Gasteiger partial charge is 0.340 e. The maximum absolute atomic E-state index is 11.8. The Kier molecular flexibility index (Phi) is 3.16. The Morgan fingerprint density at radius 1 is 1.33 bits per heavy atom. The lowest BCUT2D eigenvalue weighted by molar-refractivity contribution is 0.101. The van der Waals surface area contributed by atoms with Crippen molar-refractivity contribution in [3.8, 4) is 0 Å². The average molecular weight is 281 g/mol. The minimum Gasteiger partial charge on any atom is -0.340 e. The number of hydrogen-bond donors (Lipinski definition) is 1. The summed E-state index contributed by atoms with van der Waals surface area (Å²) in [5, 5.41) is 7.79. The molecule has 0 radical (unpaired) electrons. The highest BCUT2D eigenvalue weighted by Crippen LogP contribution is 2.37. The van der Waals surface area contributed by atoms with Gasteiger partial charge in [-0.1, -0.05) is 37.3 Å². The molecule has 4 heteroatoms. The van der Waals surface area contributed by atoms with Crippen molar-refractivity contribution in [3.63, 3.8) is 0 Å². The minimum atomic E-state index is -0.237. The standard InChI is InChI=1S/C17H19N3O/c1-4-17(3)10-15(13-8-6-5-7-9-13)19-16-14(12(2)21)11-18-20(16)17/h5-11,19H,4H2,1-3H3. The second-order valence-corrected chi connectivity index (χ2v) is 5.63. The van der Waals surface area contributed by atoms with Crippen LogP contribution in [0.1, 0.15) is 43.1 Å². The summed E-state index contributed by atoms with van der Waals surface area (Å²) in [6.45, 7) is 5.84. The Bertz CT molecular complexity index is 715. The molecule has 2 aromatic rings. The second kappa shape index (κ2) is 4.88. The molecule has 3 rings (SSSR count). The van der Waals surface area contributed by atoms with E-state index in [4.69, 9.17) is 0 Å². The first-order valence-corrected chi connectivity index (χ1v) is 7.20. The maximum atomic E-state index is 11.8. The summed E-state index contributed by atoms with van der Waals surface area (Å²) in [5.41, 5.74) is 2.53. The first kappa shape index (κ1) is 13.6. The van der Waals surface area contributed by atoms with Crippen molar-refractivity contribution in [2.45, 2.75) is 32.7 Å². The van der Waals surface area contributed by atoms with Crippen LogP contribution in [0.15, 0.2) is 42.6 Å². The Labute approximate surface area is 124 Å². The molecule has 0 bridgehead atoms. The van der Waals surface area contributed by atoms with Crippen molar-refractivity contribution in [1.29, 1.82) is 0 Å². The smallest absolute Gasteiger partial charge is 0.165 e. The van der Waals surface area contributed by atoms with Gasteiger partial charge in [-0.25, -0.2) is 4.68 Å². The summed E-state index contributed by atoms with van der Waals surface area (Å²) in [5.74, 6) is 0.810. The number of fused-ring (bicyclic) bond motifs is 1. The summed E-state index contributed by atoms with van der Waals surface area (Å²) in [7, 11) is 0. The Morgan fingerprint density at radius 2 is 2.05 bits per heavy atom. The number of anilines is 1.